The zero-order valence-corrected chi connectivity index (χ0v) is 22.5. The van der Waals surface area contributed by atoms with Gasteiger partial charge in [0.2, 0.25) is 0 Å². The van der Waals surface area contributed by atoms with Crippen LogP contribution in [0.4, 0.5) is 17.1 Å². The van der Waals surface area contributed by atoms with Crippen molar-refractivity contribution in [2.24, 2.45) is 0 Å². The van der Waals surface area contributed by atoms with E-state index in [0.29, 0.717) is 0 Å². The molecule has 8 rings (SSSR count). The molecule has 0 spiro atoms. The molecule has 0 atom stereocenters. The van der Waals surface area contributed by atoms with Gasteiger partial charge in [-0.15, -0.1) is 0 Å². The van der Waals surface area contributed by atoms with Gasteiger partial charge in [-0.3, -0.25) is 0 Å². The Bertz CT molecular complexity index is 2180. The third kappa shape index (κ3) is 3.94. The average molecular weight is 522 g/mol. The maximum atomic E-state index is 2.41. The van der Waals surface area contributed by atoms with E-state index in [1.54, 1.807) is 0 Å². The van der Waals surface area contributed by atoms with Gasteiger partial charge in [0, 0.05) is 16.8 Å². The summed E-state index contributed by atoms with van der Waals surface area (Å²) in [6, 6.07) is 59.2. The van der Waals surface area contributed by atoms with Gasteiger partial charge in [0.05, 0.1) is 5.69 Å². The Kier molecular flexibility index (Phi) is 5.53. The molecule has 1 heteroatoms. The van der Waals surface area contributed by atoms with Crippen molar-refractivity contribution in [3.8, 4) is 11.1 Å². The maximum absolute atomic E-state index is 2.41. The second-order valence-corrected chi connectivity index (χ2v) is 10.6. The van der Waals surface area contributed by atoms with Gasteiger partial charge in [-0.2, -0.15) is 0 Å². The van der Waals surface area contributed by atoms with Gasteiger partial charge in [0.25, 0.3) is 0 Å². The first-order valence-corrected chi connectivity index (χ1v) is 14.1. The molecule has 41 heavy (non-hydrogen) atoms. The molecule has 0 aliphatic rings. The van der Waals surface area contributed by atoms with E-state index in [9.17, 15) is 0 Å². The van der Waals surface area contributed by atoms with Crippen molar-refractivity contribution in [3.63, 3.8) is 0 Å². The van der Waals surface area contributed by atoms with Crippen molar-refractivity contribution in [1.82, 2.24) is 0 Å². The van der Waals surface area contributed by atoms with Crippen LogP contribution in [-0.4, -0.2) is 0 Å². The van der Waals surface area contributed by atoms with E-state index in [4.69, 9.17) is 0 Å². The van der Waals surface area contributed by atoms with Gasteiger partial charge in [-0.1, -0.05) is 133 Å². The lowest BCUT2D eigenvalue weighted by atomic mass is 9.92. The lowest BCUT2D eigenvalue weighted by molar-refractivity contribution is 1.30. The number of nitrogens with zero attached hydrogens (tertiary/aromatic N) is 1. The van der Waals surface area contributed by atoms with E-state index in [-0.39, 0.29) is 0 Å². The summed E-state index contributed by atoms with van der Waals surface area (Å²) in [5.41, 5.74) is 5.87. The van der Waals surface area contributed by atoms with Crippen LogP contribution in [0.3, 0.4) is 0 Å². The minimum Gasteiger partial charge on any atom is -0.310 e. The second-order valence-electron chi connectivity index (χ2n) is 10.6. The fourth-order valence-electron chi connectivity index (χ4n) is 6.29. The average Bonchev–Trinajstić information content (AvgIpc) is 3.06. The second kappa shape index (κ2) is 9.66. The van der Waals surface area contributed by atoms with Crippen molar-refractivity contribution in [1.29, 1.82) is 0 Å². The third-order valence-electron chi connectivity index (χ3n) is 8.21. The Morgan fingerprint density at radius 2 is 0.854 bits per heavy atom. The number of rotatable bonds is 4. The molecule has 0 unspecified atom stereocenters. The Hall–Kier alpha value is -5.40. The summed E-state index contributed by atoms with van der Waals surface area (Å²) in [5, 5.41) is 10.2. The first-order chi connectivity index (χ1) is 20.3. The number of fused-ring (bicyclic) bond motifs is 7. The van der Waals surface area contributed by atoms with Gasteiger partial charge in [-0.05, 0) is 79.2 Å². The molecule has 0 saturated heterocycles. The van der Waals surface area contributed by atoms with Gasteiger partial charge < -0.3 is 4.90 Å². The molecule has 0 amide bonds. The summed E-state index contributed by atoms with van der Waals surface area (Å²) < 4.78 is 0. The van der Waals surface area contributed by atoms with Gasteiger partial charge in [-0.25, -0.2) is 0 Å². The number of anilines is 3. The van der Waals surface area contributed by atoms with E-state index >= 15 is 0 Å². The predicted molar refractivity (Wildman–Crippen MR) is 177 cm³/mol. The lowest BCUT2D eigenvalue weighted by Gasteiger charge is -2.28. The van der Waals surface area contributed by atoms with Crippen molar-refractivity contribution in [3.05, 3.63) is 164 Å². The largest absolute Gasteiger partial charge is 0.310 e. The Morgan fingerprint density at radius 1 is 0.317 bits per heavy atom. The fraction of sp³-hybridized carbons (Fsp3) is 0. The predicted octanol–water partition coefficient (Wildman–Crippen LogP) is 11.4. The molecule has 0 aromatic heterocycles. The molecule has 0 aliphatic carbocycles. The third-order valence-corrected chi connectivity index (χ3v) is 8.21. The van der Waals surface area contributed by atoms with E-state index in [0.717, 1.165) is 11.4 Å². The molecular weight excluding hydrogens is 494 g/mol. The molecule has 0 N–H and O–H groups in total. The van der Waals surface area contributed by atoms with Crippen LogP contribution >= 0.6 is 0 Å². The molecule has 192 valence electrons. The molecule has 1 nitrogen and oxygen atoms in total. The molecule has 0 bridgehead atoms. The summed E-state index contributed by atoms with van der Waals surface area (Å²) in [6.07, 6.45) is 0. The summed E-state index contributed by atoms with van der Waals surface area (Å²) in [7, 11) is 0. The molecule has 0 heterocycles. The number of hydrogen-bond acceptors (Lipinski definition) is 1. The summed E-state index contributed by atoms with van der Waals surface area (Å²) >= 11 is 0. The molecule has 0 aliphatic heterocycles. The Labute approximate surface area is 239 Å². The van der Waals surface area contributed by atoms with Crippen molar-refractivity contribution in [2.75, 3.05) is 4.90 Å². The smallest absolute Gasteiger partial charge is 0.0546 e. The van der Waals surface area contributed by atoms with Gasteiger partial charge >= 0.3 is 0 Å². The van der Waals surface area contributed by atoms with E-state index in [1.807, 2.05) is 0 Å². The first-order valence-electron chi connectivity index (χ1n) is 14.1. The van der Waals surface area contributed by atoms with Crippen LogP contribution in [0.2, 0.25) is 0 Å². The highest BCUT2D eigenvalue weighted by Crippen LogP contribution is 2.44. The van der Waals surface area contributed by atoms with E-state index in [2.05, 4.69) is 169 Å². The normalized spacial score (nSPS) is 11.4. The van der Waals surface area contributed by atoms with Crippen molar-refractivity contribution < 1.29 is 0 Å². The summed E-state index contributed by atoms with van der Waals surface area (Å²) in [4.78, 5) is 2.40. The standard InChI is InChI=1S/C40H27N/c1-3-11-28(12-4-1)29-21-24-33(25-22-29)41(32-14-5-2-6-15-32)39-27-38-36(35-17-9-10-18-37(35)39)26-23-31-20-19-30-13-7-8-16-34(30)40(31)38/h1-27H. The summed E-state index contributed by atoms with van der Waals surface area (Å²) in [6.45, 7) is 0. The quantitative estimate of drug-likeness (QED) is 0.208. The highest BCUT2D eigenvalue weighted by molar-refractivity contribution is 6.27. The van der Waals surface area contributed by atoms with Crippen LogP contribution in [0.5, 0.6) is 0 Å². The fourth-order valence-corrected chi connectivity index (χ4v) is 6.29. The zero-order chi connectivity index (χ0) is 27.2. The van der Waals surface area contributed by atoms with Crippen molar-refractivity contribution >= 4 is 60.2 Å². The molecule has 0 fully saturated rings. The van der Waals surface area contributed by atoms with Crippen LogP contribution in [0, 0.1) is 0 Å². The van der Waals surface area contributed by atoms with Crippen LogP contribution < -0.4 is 4.90 Å². The molecule has 8 aromatic rings. The number of hydrogen-bond donors (Lipinski definition) is 0. The van der Waals surface area contributed by atoms with Crippen molar-refractivity contribution in [2.45, 2.75) is 0 Å². The first kappa shape index (κ1) is 23.5. The number of para-hydroxylation sites is 1. The van der Waals surface area contributed by atoms with Crippen LogP contribution in [0.15, 0.2) is 164 Å². The zero-order valence-electron chi connectivity index (χ0n) is 22.5. The molecular formula is C40H27N. The van der Waals surface area contributed by atoms with E-state index in [1.165, 1.54) is 59.9 Å². The molecule has 8 aromatic carbocycles. The molecule has 0 radical (unpaired) electrons. The van der Waals surface area contributed by atoms with E-state index < -0.39 is 0 Å². The Morgan fingerprint density at radius 3 is 1.63 bits per heavy atom. The minimum atomic E-state index is 1.13. The minimum absolute atomic E-state index is 1.13. The lowest BCUT2D eigenvalue weighted by Crippen LogP contribution is -2.10. The monoisotopic (exact) mass is 521 g/mol. The summed E-state index contributed by atoms with van der Waals surface area (Å²) in [5.74, 6) is 0. The van der Waals surface area contributed by atoms with Crippen LogP contribution in [-0.2, 0) is 0 Å². The number of benzene rings is 8. The topological polar surface area (TPSA) is 3.24 Å². The Balaban J connectivity index is 1.44. The highest BCUT2D eigenvalue weighted by Gasteiger charge is 2.18. The maximum Gasteiger partial charge on any atom is 0.0546 e. The van der Waals surface area contributed by atoms with Gasteiger partial charge in [0.1, 0.15) is 0 Å². The highest BCUT2D eigenvalue weighted by atomic mass is 15.1. The SMILES string of the molecule is c1ccc(-c2ccc(N(c3ccccc3)c3cc4c(ccc5ccc6ccccc6c54)c4ccccc34)cc2)cc1. The van der Waals surface area contributed by atoms with Gasteiger partial charge in [0.15, 0.2) is 0 Å². The molecule has 0 saturated carbocycles. The van der Waals surface area contributed by atoms with Crippen LogP contribution in [0.1, 0.15) is 0 Å². The van der Waals surface area contributed by atoms with Crippen LogP contribution in [0.25, 0.3) is 54.2 Å².